The van der Waals surface area contributed by atoms with E-state index >= 15 is 0 Å². The SMILES string of the molecule is CN=C(NCCN(C(=O)OC(C)(C)C)C1CC1)NCc1ccccn1. The highest BCUT2D eigenvalue weighted by molar-refractivity contribution is 5.79. The minimum atomic E-state index is -0.474. The molecular formula is C18H29N5O2. The highest BCUT2D eigenvalue weighted by Gasteiger charge is 2.34. The van der Waals surface area contributed by atoms with Gasteiger partial charge in [-0.15, -0.1) is 0 Å². The molecule has 1 aromatic rings. The molecular weight excluding hydrogens is 318 g/mol. The molecule has 2 N–H and O–H groups in total. The Morgan fingerprint density at radius 3 is 2.68 bits per heavy atom. The van der Waals surface area contributed by atoms with Crippen molar-refractivity contribution in [1.29, 1.82) is 0 Å². The second-order valence-corrected chi connectivity index (χ2v) is 7.08. The van der Waals surface area contributed by atoms with E-state index in [0.717, 1.165) is 18.5 Å². The number of aliphatic imine (C=N–C) groups is 1. The molecule has 1 aliphatic rings. The summed E-state index contributed by atoms with van der Waals surface area (Å²) < 4.78 is 5.50. The van der Waals surface area contributed by atoms with Crippen LogP contribution in [-0.2, 0) is 11.3 Å². The Labute approximate surface area is 149 Å². The van der Waals surface area contributed by atoms with Gasteiger partial charge in [0, 0.05) is 32.4 Å². The van der Waals surface area contributed by atoms with Crippen LogP contribution in [0.2, 0.25) is 0 Å². The van der Waals surface area contributed by atoms with Gasteiger partial charge < -0.3 is 20.3 Å². The Balaban J connectivity index is 1.77. The maximum atomic E-state index is 12.3. The van der Waals surface area contributed by atoms with E-state index in [9.17, 15) is 4.79 Å². The van der Waals surface area contributed by atoms with Crippen molar-refractivity contribution in [2.45, 2.75) is 51.8 Å². The average molecular weight is 347 g/mol. The van der Waals surface area contributed by atoms with Crippen molar-refractivity contribution in [1.82, 2.24) is 20.5 Å². The Kier molecular flexibility index (Phi) is 6.61. The standard InChI is InChI=1S/C18H29N5O2/c1-18(2,3)25-17(24)23(15-8-9-15)12-11-21-16(19-4)22-13-14-7-5-6-10-20-14/h5-7,10,15H,8-9,11-13H2,1-4H3,(H2,19,21,22). The van der Waals surface area contributed by atoms with Gasteiger partial charge >= 0.3 is 6.09 Å². The molecule has 7 heteroatoms. The summed E-state index contributed by atoms with van der Waals surface area (Å²) in [7, 11) is 1.72. The highest BCUT2D eigenvalue weighted by atomic mass is 16.6. The van der Waals surface area contributed by atoms with Crippen molar-refractivity contribution in [2.75, 3.05) is 20.1 Å². The van der Waals surface area contributed by atoms with Gasteiger partial charge in [0.1, 0.15) is 5.60 Å². The van der Waals surface area contributed by atoms with Gasteiger partial charge in [0.05, 0.1) is 12.2 Å². The van der Waals surface area contributed by atoms with Crippen LogP contribution >= 0.6 is 0 Å². The maximum Gasteiger partial charge on any atom is 0.410 e. The monoisotopic (exact) mass is 347 g/mol. The average Bonchev–Trinajstić information content (AvgIpc) is 3.38. The zero-order chi connectivity index (χ0) is 18.3. The lowest BCUT2D eigenvalue weighted by Crippen LogP contribution is -2.45. The van der Waals surface area contributed by atoms with Gasteiger partial charge in [0.2, 0.25) is 0 Å². The van der Waals surface area contributed by atoms with E-state index < -0.39 is 5.60 Å². The molecule has 0 saturated heterocycles. The summed E-state index contributed by atoms with van der Waals surface area (Å²) >= 11 is 0. The number of aromatic nitrogens is 1. The molecule has 1 amide bonds. The Morgan fingerprint density at radius 1 is 1.36 bits per heavy atom. The number of guanidine groups is 1. The number of hydrogen-bond acceptors (Lipinski definition) is 4. The first-order valence-corrected chi connectivity index (χ1v) is 8.73. The molecule has 1 aliphatic carbocycles. The zero-order valence-electron chi connectivity index (χ0n) is 15.6. The fourth-order valence-electron chi connectivity index (χ4n) is 2.32. The van der Waals surface area contributed by atoms with Gasteiger partial charge in [-0.2, -0.15) is 0 Å². The van der Waals surface area contributed by atoms with Crippen LogP contribution in [-0.4, -0.2) is 53.7 Å². The van der Waals surface area contributed by atoms with Crippen LogP contribution in [0.4, 0.5) is 4.79 Å². The number of carbonyl (C=O) groups is 1. The minimum Gasteiger partial charge on any atom is -0.444 e. The zero-order valence-corrected chi connectivity index (χ0v) is 15.6. The lowest BCUT2D eigenvalue weighted by molar-refractivity contribution is 0.0238. The second kappa shape index (κ2) is 8.69. The number of nitrogens with one attached hydrogen (secondary N) is 2. The van der Waals surface area contributed by atoms with Gasteiger partial charge in [-0.05, 0) is 45.7 Å². The van der Waals surface area contributed by atoms with Crippen molar-refractivity contribution in [3.05, 3.63) is 30.1 Å². The van der Waals surface area contributed by atoms with E-state index in [2.05, 4.69) is 20.6 Å². The predicted molar refractivity (Wildman–Crippen MR) is 98.4 cm³/mol. The molecule has 0 bridgehead atoms. The number of amides is 1. The number of pyridine rings is 1. The van der Waals surface area contributed by atoms with Crippen molar-refractivity contribution in [2.24, 2.45) is 4.99 Å². The molecule has 138 valence electrons. The van der Waals surface area contributed by atoms with Crippen LogP contribution in [0.3, 0.4) is 0 Å². The quantitative estimate of drug-likeness (QED) is 0.609. The number of rotatable bonds is 6. The summed E-state index contributed by atoms with van der Waals surface area (Å²) in [5.41, 5.74) is 0.469. The van der Waals surface area contributed by atoms with E-state index in [-0.39, 0.29) is 6.09 Å². The summed E-state index contributed by atoms with van der Waals surface area (Å²) in [5, 5.41) is 6.45. The first-order valence-electron chi connectivity index (χ1n) is 8.73. The van der Waals surface area contributed by atoms with Crippen LogP contribution in [0.1, 0.15) is 39.3 Å². The van der Waals surface area contributed by atoms with Crippen molar-refractivity contribution in [3.8, 4) is 0 Å². The smallest absolute Gasteiger partial charge is 0.410 e. The molecule has 1 saturated carbocycles. The number of nitrogens with zero attached hydrogens (tertiary/aromatic N) is 3. The summed E-state index contributed by atoms with van der Waals surface area (Å²) in [6.07, 6.45) is 3.62. The number of carbonyl (C=O) groups excluding carboxylic acids is 1. The first-order chi connectivity index (χ1) is 11.9. The van der Waals surface area contributed by atoms with Gasteiger partial charge in [-0.3, -0.25) is 9.98 Å². The van der Waals surface area contributed by atoms with Crippen LogP contribution in [0.25, 0.3) is 0 Å². The maximum absolute atomic E-state index is 12.3. The summed E-state index contributed by atoms with van der Waals surface area (Å²) in [4.78, 5) is 22.6. The lowest BCUT2D eigenvalue weighted by Gasteiger charge is -2.27. The van der Waals surface area contributed by atoms with Crippen molar-refractivity contribution in [3.63, 3.8) is 0 Å². The molecule has 2 rings (SSSR count). The third kappa shape index (κ3) is 6.99. The summed E-state index contributed by atoms with van der Waals surface area (Å²) in [6, 6.07) is 6.10. The molecule has 25 heavy (non-hydrogen) atoms. The summed E-state index contributed by atoms with van der Waals surface area (Å²) in [5.74, 6) is 0.686. The Morgan fingerprint density at radius 2 is 2.12 bits per heavy atom. The topological polar surface area (TPSA) is 78.9 Å². The van der Waals surface area contributed by atoms with Crippen LogP contribution in [0.15, 0.2) is 29.4 Å². The molecule has 0 atom stereocenters. The minimum absolute atomic E-state index is 0.242. The normalized spacial score (nSPS) is 14.8. The Bertz CT molecular complexity index is 579. The number of hydrogen-bond donors (Lipinski definition) is 2. The summed E-state index contributed by atoms with van der Waals surface area (Å²) in [6.45, 7) is 7.45. The third-order valence-corrected chi connectivity index (χ3v) is 3.65. The second-order valence-electron chi connectivity index (χ2n) is 7.08. The van der Waals surface area contributed by atoms with Gasteiger partial charge in [-0.1, -0.05) is 6.07 Å². The molecule has 7 nitrogen and oxygen atoms in total. The van der Waals surface area contributed by atoms with E-state index in [1.807, 2.05) is 43.9 Å². The molecule has 1 heterocycles. The number of ether oxygens (including phenoxy) is 1. The van der Waals surface area contributed by atoms with E-state index in [1.54, 1.807) is 13.2 Å². The molecule has 0 aliphatic heterocycles. The molecule has 1 aromatic heterocycles. The largest absolute Gasteiger partial charge is 0.444 e. The molecule has 0 spiro atoms. The predicted octanol–water partition coefficient (Wildman–Crippen LogP) is 2.15. The van der Waals surface area contributed by atoms with Crippen LogP contribution < -0.4 is 10.6 Å². The van der Waals surface area contributed by atoms with Gasteiger partial charge in [0.25, 0.3) is 0 Å². The van der Waals surface area contributed by atoms with Crippen LogP contribution in [0, 0.1) is 0 Å². The highest BCUT2D eigenvalue weighted by Crippen LogP contribution is 2.27. The van der Waals surface area contributed by atoms with Gasteiger partial charge in [-0.25, -0.2) is 4.79 Å². The van der Waals surface area contributed by atoms with E-state index in [0.29, 0.717) is 31.6 Å². The lowest BCUT2D eigenvalue weighted by atomic mass is 10.2. The Hall–Kier alpha value is -2.31. The molecule has 1 fully saturated rings. The van der Waals surface area contributed by atoms with Gasteiger partial charge in [0.15, 0.2) is 5.96 Å². The third-order valence-electron chi connectivity index (χ3n) is 3.65. The van der Waals surface area contributed by atoms with E-state index in [4.69, 9.17) is 4.74 Å². The van der Waals surface area contributed by atoms with E-state index in [1.165, 1.54) is 0 Å². The fourth-order valence-corrected chi connectivity index (χ4v) is 2.32. The van der Waals surface area contributed by atoms with Crippen molar-refractivity contribution >= 4 is 12.1 Å². The fraction of sp³-hybridized carbons (Fsp3) is 0.611. The van der Waals surface area contributed by atoms with Crippen LogP contribution in [0.5, 0.6) is 0 Å². The molecule has 0 unspecified atom stereocenters. The first kappa shape index (κ1) is 19.0. The molecule has 0 radical (unpaired) electrons. The van der Waals surface area contributed by atoms with Crippen molar-refractivity contribution < 1.29 is 9.53 Å². The molecule has 0 aromatic carbocycles.